The summed E-state index contributed by atoms with van der Waals surface area (Å²) in [4.78, 5) is 29.3. The molecule has 0 radical (unpaired) electrons. The van der Waals surface area contributed by atoms with Crippen molar-refractivity contribution in [3.63, 3.8) is 0 Å². The van der Waals surface area contributed by atoms with Gasteiger partial charge in [0.25, 0.3) is 0 Å². The van der Waals surface area contributed by atoms with Gasteiger partial charge in [0.05, 0.1) is 21.2 Å². The fourth-order valence-corrected chi connectivity index (χ4v) is 4.52. The molecular formula is C26H22Cl2F3NO4S. The van der Waals surface area contributed by atoms with Gasteiger partial charge >= 0.3 is 12.1 Å². The van der Waals surface area contributed by atoms with Crippen LogP contribution in [0.4, 0.5) is 13.2 Å². The highest BCUT2D eigenvalue weighted by Gasteiger charge is 2.30. The molecule has 0 bridgehead atoms. The van der Waals surface area contributed by atoms with E-state index in [9.17, 15) is 22.8 Å². The molecule has 5 nitrogen and oxygen atoms in total. The Balaban J connectivity index is 1.72. The Kier molecular flexibility index (Phi) is 8.72. The Morgan fingerprint density at radius 2 is 1.68 bits per heavy atom. The smallest absolute Gasteiger partial charge is 0.416 e. The average molecular weight is 572 g/mol. The molecule has 3 aromatic rings. The Bertz CT molecular complexity index is 1340. The fourth-order valence-electron chi connectivity index (χ4n) is 3.09. The van der Waals surface area contributed by atoms with Gasteiger partial charge in [0.1, 0.15) is 21.4 Å². The predicted octanol–water partition coefficient (Wildman–Crippen LogP) is 8.06. The van der Waals surface area contributed by atoms with Crippen molar-refractivity contribution in [1.29, 1.82) is 0 Å². The number of thiazole rings is 1. The highest BCUT2D eigenvalue weighted by Crippen LogP contribution is 2.36. The molecule has 11 heteroatoms. The van der Waals surface area contributed by atoms with Gasteiger partial charge in [0, 0.05) is 5.56 Å². The van der Waals surface area contributed by atoms with Crippen LogP contribution in [0, 0.1) is 6.92 Å². The van der Waals surface area contributed by atoms with E-state index in [2.05, 4.69) is 4.98 Å². The Morgan fingerprint density at radius 1 is 1.03 bits per heavy atom. The number of carbonyl (C=O) groups is 2. The van der Waals surface area contributed by atoms with Crippen molar-refractivity contribution < 1.29 is 32.2 Å². The molecule has 196 valence electrons. The number of carbonyl (C=O) groups excluding carboxylic acids is 2. The molecule has 0 spiro atoms. The number of allylic oxidation sites excluding steroid dienone is 1. The molecule has 0 saturated heterocycles. The maximum absolute atomic E-state index is 12.8. The average Bonchev–Trinajstić information content (AvgIpc) is 3.19. The molecular weight excluding hydrogens is 550 g/mol. The van der Waals surface area contributed by atoms with Crippen LogP contribution in [0.15, 0.2) is 42.5 Å². The molecule has 0 saturated carbocycles. The summed E-state index contributed by atoms with van der Waals surface area (Å²) in [7, 11) is 0. The molecule has 0 amide bonds. The lowest BCUT2D eigenvalue weighted by atomic mass is 10.1. The van der Waals surface area contributed by atoms with Gasteiger partial charge < -0.3 is 9.47 Å². The van der Waals surface area contributed by atoms with Gasteiger partial charge in [-0.2, -0.15) is 13.2 Å². The van der Waals surface area contributed by atoms with E-state index in [1.54, 1.807) is 33.8 Å². The highest BCUT2D eigenvalue weighted by molar-refractivity contribution is 7.17. The molecule has 0 aliphatic rings. The number of alkyl halides is 3. The second-order valence-electron chi connectivity index (χ2n) is 8.86. The molecule has 1 heterocycles. The van der Waals surface area contributed by atoms with Crippen LogP contribution >= 0.6 is 34.5 Å². The normalized spacial score (nSPS) is 12.1. The lowest BCUT2D eigenvalue weighted by Crippen LogP contribution is -2.27. The van der Waals surface area contributed by atoms with Crippen molar-refractivity contribution in [3.8, 4) is 16.3 Å². The van der Waals surface area contributed by atoms with E-state index in [1.165, 1.54) is 30.4 Å². The molecule has 3 rings (SSSR count). The zero-order valence-electron chi connectivity index (χ0n) is 20.2. The summed E-state index contributed by atoms with van der Waals surface area (Å²) in [6.07, 6.45) is -1.66. The first-order valence-corrected chi connectivity index (χ1v) is 12.4. The number of hydrogen-bond acceptors (Lipinski definition) is 6. The van der Waals surface area contributed by atoms with Gasteiger partial charge in [-0.05, 0) is 69.7 Å². The number of aryl methyl sites for hydroxylation is 1. The number of ether oxygens (including phenoxy) is 2. The highest BCUT2D eigenvalue weighted by atomic mass is 35.5. The van der Waals surface area contributed by atoms with Crippen LogP contribution in [-0.4, -0.2) is 28.9 Å². The number of ketones is 1. The summed E-state index contributed by atoms with van der Waals surface area (Å²) in [5.41, 5.74) is -0.0568. The molecule has 37 heavy (non-hydrogen) atoms. The van der Waals surface area contributed by atoms with Crippen LogP contribution in [0.5, 0.6) is 5.75 Å². The Labute approximate surface area is 225 Å². The first-order chi connectivity index (χ1) is 17.2. The monoisotopic (exact) mass is 571 g/mol. The lowest BCUT2D eigenvalue weighted by molar-refractivity contribution is -0.157. The minimum absolute atomic E-state index is 0.0679. The van der Waals surface area contributed by atoms with Gasteiger partial charge in [0.2, 0.25) is 0 Å². The number of rotatable bonds is 7. The van der Waals surface area contributed by atoms with Gasteiger partial charge in [-0.3, -0.25) is 4.79 Å². The molecule has 0 aliphatic carbocycles. The van der Waals surface area contributed by atoms with E-state index in [0.717, 1.165) is 23.5 Å². The number of nitrogens with zero attached hydrogens (tertiary/aromatic N) is 1. The summed E-state index contributed by atoms with van der Waals surface area (Å²) in [6, 6.07) is 7.68. The van der Waals surface area contributed by atoms with E-state index in [0.29, 0.717) is 26.7 Å². The zero-order valence-corrected chi connectivity index (χ0v) is 22.5. The molecule has 0 fully saturated rings. The molecule has 0 aliphatic heterocycles. The number of halogens is 5. The van der Waals surface area contributed by atoms with Crippen molar-refractivity contribution in [3.05, 3.63) is 74.2 Å². The summed E-state index contributed by atoms with van der Waals surface area (Å²) in [6.45, 7) is 6.50. The molecule has 0 atom stereocenters. The molecule has 1 aromatic heterocycles. The maximum Gasteiger partial charge on any atom is 0.416 e. The van der Waals surface area contributed by atoms with Crippen LogP contribution in [0.1, 0.15) is 47.3 Å². The molecule has 0 unspecified atom stereocenters. The SMILES string of the molecule is Cc1nc(-c2ccc(C(F)(F)F)cc2)sc1C(=O)/C=C/c1ccc(OCC(=O)OC(C)(C)C)c(Cl)c1Cl. The molecule has 0 N–H and O–H groups in total. The van der Waals surface area contributed by atoms with Crippen molar-refractivity contribution in [1.82, 2.24) is 4.98 Å². The zero-order chi connectivity index (χ0) is 27.5. The van der Waals surface area contributed by atoms with Gasteiger partial charge in [-0.1, -0.05) is 35.3 Å². The minimum atomic E-state index is -4.43. The standard InChI is InChI=1S/C26H22Cl2F3NO4S/c1-14-23(37-24(32-14)16-5-9-17(10-6-16)26(29,30)31)18(33)11-7-15-8-12-19(22(28)21(15)27)35-13-20(34)36-25(2,3)4/h5-12H,13H2,1-4H3/b11-7+. The second kappa shape index (κ2) is 11.2. The van der Waals surface area contributed by atoms with E-state index in [1.807, 2.05) is 0 Å². The predicted molar refractivity (Wildman–Crippen MR) is 138 cm³/mol. The quantitative estimate of drug-likeness (QED) is 0.163. The largest absolute Gasteiger partial charge is 0.480 e. The maximum atomic E-state index is 12.8. The van der Waals surface area contributed by atoms with Crippen LogP contribution in [0.3, 0.4) is 0 Å². The summed E-state index contributed by atoms with van der Waals surface area (Å²) < 4.78 is 49.0. The third kappa shape index (κ3) is 7.56. The number of hydrogen-bond donors (Lipinski definition) is 0. The third-order valence-corrected chi connectivity index (χ3v) is 6.84. The summed E-state index contributed by atoms with van der Waals surface area (Å²) in [5, 5.41) is 0.618. The van der Waals surface area contributed by atoms with Crippen molar-refractivity contribution in [2.45, 2.75) is 39.5 Å². The van der Waals surface area contributed by atoms with E-state index in [4.69, 9.17) is 32.7 Å². The first kappa shape index (κ1) is 28.7. The third-order valence-electron chi connectivity index (χ3n) is 4.74. The lowest BCUT2D eigenvalue weighted by Gasteiger charge is -2.19. The second-order valence-corrected chi connectivity index (χ2v) is 10.6. The number of esters is 1. The number of benzene rings is 2. The number of aromatic nitrogens is 1. The Morgan fingerprint density at radius 3 is 2.27 bits per heavy atom. The topological polar surface area (TPSA) is 65.5 Å². The summed E-state index contributed by atoms with van der Waals surface area (Å²) in [5.74, 6) is -0.740. The van der Waals surface area contributed by atoms with Gasteiger partial charge in [-0.15, -0.1) is 11.3 Å². The van der Waals surface area contributed by atoms with E-state index < -0.39 is 23.3 Å². The van der Waals surface area contributed by atoms with E-state index >= 15 is 0 Å². The minimum Gasteiger partial charge on any atom is -0.480 e. The summed E-state index contributed by atoms with van der Waals surface area (Å²) >= 11 is 13.7. The van der Waals surface area contributed by atoms with Crippen LogP contribution in [0.2, 0.25) is 10.0 Å². The fraction of sp³-hybridized carbons (Fsp3) is 0.269. The van der Waals surface area contributed by atoms with Crippen LogP contribution < -0.4 is 4.74 Å². The van der Waals surface area contributed by atoms with Gasteiger partial charge in [0.15, 0.2) is 12.4 Å². The van der Waals surface area contributed by atoms with Gasteiger partial charge in [-0.25, -0.2) is 9.78 Å². The van der Waals surface area contributed by atoms with Crippen molar-refractivity contribution in [2.24, 2.45) is 0 Å². The van der Waals surface area contributed by atoms with Crippen LogP contribution in [0.25, 0.3) is 16.6 Å². The van der Waals surface area contributed by atoms with Crippen molar-refractivity contribution in [2.75, 3.05) is 6.61 Å². The Hall–Kier alpha value is -2.88. The first-order valence-electron chi connectivity index (χ1n) is 10.9. The molecule has 2 aromatic carbocycles. The van der Waals surface area contributed by atoms with Crippen LogP contribution in [-0.2, 0) is 15.7 Å². The van der Waals surface area contributed by atoms with E-state index in [-0.39, 0.29) is 28.2 Å². The van der Waals surface area contributed by atoms with Crippen molar-refractivity contribution >= 4 is 52.4 Å².